The highest BCUT2D eigenvalue weighted by Gasteiger charge is 2.27. The molecular formula is C26H34N2O6. The summed E-state index contributed by atoms with van der Waals surface area (Å²) in [5.74, 6) is -1.38. The van der Waals surface area contributed by atoms with E-state index in [1.165, 1.54) is 7.11 Å². The second-order valence-corrected chi connectivity index (χ2v) is 7.89. The first kappa shape index (κ1) is 26.9. The van der Waals surface area contributed by atoms with Crippen molar-refractivity contribution in [1.82, 2.24) is 10.6 Å². The van der Waals surface area contributed by atoms with E-state index in [-0.39, 0.29) is 6.42 Å². The number of hydrogen-bond donors (Lipinski definition) is 3. The Balaban J connectivity index is 1.89. The lowest BCUT2D eigenvalue weighted by Crippen LogP contribution is -2.51. The molecule has 0 fully saturated rings. The number of carboxylic acid groups (broad SMARTS) is 1. The highest BCUT2D eigenvalue weighted by atomic mass is 16.5. The molecule has 0 aromatic heterocycles. The van der Waals surface area contributed by atoms with E-state index in [2.05, 4.69) is 10.6 Å². The molecule has 2 atom stereocenters. The standard InChI is InChI=1S/C26H34N2O6/c1-3-34-21-14-11-20(12-15-21)10-7-17-27-23(18-24(29)30)25(31)28-22(26(32)33-2)16-13-19-8-5-4-6-9-19/h4-6,8-9,11-12,14-15,22-23,27H,3,7,10,13,16-18H2,1-2H3,(H,28,31)(H,29,30). The lowest BCUT2D eigenvalue weighted by Gasteiger charge is -2.21. The first-order valence-corrected chi connectivity index (χ1v) is 11.5. The van der Waals surface area contributed by atoms with Crippen LogP contribution in [0.5, 0.6) is 5.75 Å². The Morgan fingerprint density at radius 3 is 2.24 bits per heavy atom. The van der Waals surface area contributed by atoms with E-state index in [0.29, 0.717) is 32.4 Å². The summed E-state index contributed by atoms with van der Waals surface area (Å²) in [6.45, 7) is 2.99. The van der Waals surface area contributed by atoms with Crippen LogP contribution >= 0.6 is 0 Å². The number of ether oxygens (including phenoxy) is 2. The summed E-state index contributed by atoms with van der Waals surface area (Å²) < 4.78 is 10.3. The van der Waals surface area contributed by atoms with Gasteiger partial charge in [0, 0.05) is 0 Å². The van der Waals surface area contributed by atoms with E-state index in [0.717, 1.165) is 23.3 Å². The Labute approximate surface area is 200 Å². The van der Waals surface area contributed by atoms with Gasteiger partial charge < -0.3 is 25.2 Å². The summed E-state index contributed by atoms with van der Waals surface area (Å²) >= 11 is 0. The number of aliphatic carboxylic acids is 1. The van der Waals surface area contributed by atoms with Crippen molar-refractivity contribution in [2.24, 2.45) is 0 Å². The number of carboxylic acids is 1. The molecule has 184 valence electrons. The first-order chi connectivity index (χ1) is 16.4. The largest absolute Gasteiger partial charge is 0.494 e. The summed E-state index contributed by atoms with van der Waals surface area (Å²) in [6.07, 6.45) is 2.01. The van der Waals surface area contributed by atoms with Gasteiger partial charge in [-0.15, -0.1) is 0 Å². The van der Waals surface area contributed by atoms with Crippen molar-refractivity contribution < 1.29 is 29.0 Å². The van der Waals surface area contributed by atoms with Crippen LogP contribution in [-0.2, 0) is 32.0 Å². The average molecular weight is 471 g/mol. The summed E-state index contributed by atoms with van der Waals surface area (Å²) in [5.41, 5.74) is 2.15. The molecule has 0 spiro atoms. The van der Waals surface area contributed by atoms with Crippen LogP contribution in [0.2, 0.25) is 0 Å². The molecule has 0 bridgehead atoms. The van der Waals surface area contributed by atoms with Gasteiger partial charge in [-0.05, 0) is 62.4 Å². The molecule has 0 aliphatic rings. The number of carbonyl (C=O) groups excluding carboxylic acids is 2. The van der Waals surface area contributed by atoms with Crippen LogP contribution in [0, 0.1) is 0 Å². The Morgan fingerprint density at radius 2 is 1.62 bits per heavy atom. The van der Waals surface area contributed by atoms with Gasteiger partial charge in [0.15, 0.2) is 0 Å². The maximum absolute atomic E-state index is 12.8. The van der Waals surface area contributed by atoms with E-state index in [1.54, 1.807) is 0 Å². The zero-order valence-corrected chi connectivity index (χ0v) is 19.8. The number of benzene rings is 2. The molecule has 0 aliphatic carbocycles. The van der Waals surface area contributed by atoms with E-state index in [1.807, 2.05) is 61.5 Å². The van der Waals surface area contributed by atoms with Gasteiger partial charge in [0.2, 0.25) is 5.91 Å². The van der Waals surface area contributed by atoms with Crippen LogP contribution in [0.25, 0.3) is 0 Å². The van der Waals surface area contributed by atoms with Crippen molar-refractivity contribution in [3.8, 4) is 5.75 Å². The minimum Gasteiger partial charge on any atom is -0.494 e. The fourth-order valence-corrected chi connectivity index (χ4v) is 3.54. The molecule has 8 heteroatoms. The number of methoxy groups -OCH3 is 1. The second kappa shape index (κ2) is 14.7. The fourth-order valence-electron chi connectivity index (χ4n) is 3.54. The normalized spacial score (nSPS) is 12.4. The lowest BCUT2D eigenvalue weighted by atomic mass is 10.0. The third-order valence-corrected chi connectivity index (χ3v) is 5.33. The molecular weight excluding hydrogens is 436 g/mol. The molecule has 2 aromatic carbocycles. The molecule has 2 aromatic rings. The van der Waals surface area contributed by atoms with Gasteiger partial charge in [0.1, 0.15) is 11.8 Å². The fraction of sp³-hybridized carbons (Fsp3) is 0.423. The SMILES string of the molecule is CCOc1ccc(CCCNC(CC(=O)O)C(=O)NC(CCc2ccccc2)C(=O)OC)cc1. The topological polar surface area (TPSA) is 114 Å². The minimum atomic E-state index is -1.10. The van der Waals surface area contributed by atoms with Crippen LogP contribution < -0.4 is 15.4 Å². The number of nitrogens with one attached hydrogen (secondary N) is 2. The average Bonchev–Trinajstić information content (AvgIpc) is 2.84. The molecule has 2 rings (SSSR count). The molecule has 0 radical (unpaired) electrons. The van der Waals surface area contributed by atoms with E-state index < -0.39 is 29.9 Å². The zero-order valence-electron chi connectivity index (χ0n) is 19.8. The molecule has 8 nitrogen and oxygen atoms in total. The maximum Gasteiger partial charge on any atom is 0.328 e. The van der Waals surface area contributed by atoms with Crippen molar-refractivity contribution in [2.75, 3.05) is 20.3 Å². The zero-order chi connectivity index (χ0) is 24.8. The molecule has 1 amide bonds. The highest BCUT2D eigenvalue weighted by Crippen LogP contribution is 2.13. The van der Waals surface area contributed by atoms with Crippen LogP contribution in [-0.4, -0.2) is 55.3 Å². The monoisotopic (exact) mass is 470 g/mol. The third kappa shape index (κ3) is 9.62. The Morgan fingerprint density at radius 1 is 0.941 bits per heavy atom. The van der Waals surface area contributed by atoms with Crippen molar-refractivity contribution in [3.63, 3.8) is 0 Å². The van der Waals surface area contributed by atoms with Gasteiger partial charge in [-0.2, -0.15) is 0 Å². The third-order valence-electron chi connectivity index (χ3n) is 5.33. The van der Waals surface area contributed by atoms with Gasteiger partial charge in [-0.3, -0.25) is 9.59 Å². The Kier molecular flexibility index (Phi) is 11.6. The lowest BCUT2D eigenvalue weighted by molar-refractivity contribution is -0.145. The Hall–Kier alpha value is -3.39. The van der Waals surface area contributed by atoms with Crippen LogP contribution in [0.1, 0.15) is 37.3 Å². The molecule has 0 aliphatic heterocycles. The summed E-state index contributed by atoms with van der Waals surface area (Å²) in [7, 11) is 1.26. The van der Waals surface area contributed by atoms with Gasteiger partial charge in [0.25, 0.3) is 0 Å². The van der Waals surface area contributed by atoms with Gasteiger partial charge in [0.05, 0.1) is 26.2 Å². The van der Waals surface area contributed by atoms with Crippen molar-refractivity contribution in [1.29, 1.82) is 0 Å². The molecule has 0 saturated heterocycles. The smallest absolute Gasteiger partial charge is 0.328 e. The van der Waals surface area contributed by atoms with Gasteiger partial charge in [-0.1, -0.05) is 42.5 Å². The number of rotatable bonds is 15. The summed E-state index contributed by atoms with van der Waals surface area (Å²) in [6, 6.07) is 15.6. The minimum absolute atomic E-state index is 0.347. The number of esters is 1. The highest BCUT2D eigenvalue weighted by molar-refractivity contribution is 5.90. The first-order valence-electron chi connectivity index (χ1n) is 11.5. The van der Waals surface area contributed by atoms with Crippen LogP contribution in [0.3, 0.4) is 0 Å². The number of aryl methyl sites for hydroxylation is 2. The predicted molar refractivity (Wildman–Crippen MR) is 129 cm³/mol. The van der Waals surface area contributed by atoms with Gasteiger partial charge in [-0.25, -0.2) is 4.79 Å². The number of amides is 1. The Bertz CT molecular complexity index is 901. The van der Waals surface area contributed by atoms with Crippen LogP contribution in [0.15, 0.2) is 54.6 Å². The van der Waals surface area contributed by atoms with E-state index in [9.17, 15) is 19.5 Å². The van der Waals surface area contributed by atoms with Crippen molar-refractivity contribution in [3.05, 3.63) is 65.7 Å². The number of carbonyl (C=O) groups is 3. The number of hydrogen-bond acceptors (Lipinski definition) is 6. The predicted octanol–water partition coefficient (Wildman–Crippen LogP) is 2.74. The summed E-state index contributed by atoms with van der Waals surface area (Å²) in [5, 5.41) is 14.9. The molecule has 3 N–H and O–H groups in total. The van der Waals surface area contributed by atoms with Crippen molar-refractivity contribution in [2.45, 2.75) is 51.1 Å². The molecule has 0 saturated carbocycles. The molecule has 2 unspecified atom stereocenters. The van der Waals surface area contributed by atoms with Gasteiger partial charge >= 0.3 is 11.9 Å². The maximum atomic E-state index is 12.8. The van der Waals surface area contributed by atoms with E-state index in [4.69, 9.17) is 9.47 Å². The summed E-state index contributed by atoms with van der Waals surface area (Å²) in [4.78, 5) is 36.4. The quantitative estimate of drug-likeness (QED) is 0.271. The second-order valence-electron chi connectivity index (χ2n) is 7.89. The van der Waals surface area contributed by atoms with Crippen molar-refractivity contribution >= 4 is 17.8 Å². The molecule has 34 heavy (non-hydrogen) atoms. The molecule has 0 heterocycles. The van der Waals surface area contributed by atoms with Crippen LogP contribution in [0.4, 0.5) is 0 Å². The van der Waals surface area contributed by atoms with E-state index >= 15 is 0 Å².